The lowest BCUT2D eigenvalue weighted by Crippen LogP contribution is -2.48. The molecule has 4 N–H and O–H groups in total. The molecule has 0 fully saturated rings. The standard InChI is InChI=1S/C52H58N8O8/c1-29(2)31(5)59(49(61)47(57-51(63)65-7)33-15-11-9-12-16-33)25-43-53-23-39(55-43)35-19-37-27-68-42-22-36(20-38-28-67-41(21-35)45(37)46(38)42)40-24-54-44(56-40)26-60(32(6)30(3)4)50(62)48(58-52(64)66-8)34-17-13-10-14-18-34/h9-24,29-32,47-48H,25-28H2,1-8H3,(H,53,55)(H,54,56)(H,57,63)(H,58,64)/t31-,32-,47-,48?/m1/s1. The number of carbonyl (C=O) groups is 4. The van der Waals surface area contributed by atoms with Gasteiger partial charge in [0.2, 0.25) is 0 Å². The maximum absolute atomic E-state index is 14.3. The predicted molar refractivity (Wildman–Crippen MR) is 255 cm³/mol. The van der Waals surface area contributed by atoms with Gasteiger partial charge in [-0.2, -0.15) is 0 Å². The van der Waals surface area contributed by atoms with Crippen molar-refractivity contribution in [3.05, 3.63) is 131 Å². The highest BCUT2D eigenvalue weighted by atomic mass is 16.5. The Labute approximate surface area is 395 Å². The number of nitrogens with zero attached hydrogens (tertiary/aromatic N) is 4. The SMILES string of the molecule is COC(=O)NC(C(=O)N(Cc1ncc(-c2cc3c4c(c2)OCc2cc(-c5cnc(CN(C(=O)[C@H](NC(=O)OC)c6ccccc6)[C@H](C)C(C)C)[nH]5)cc(c2-4)OC3)[nH]1)[C@H](C)C(C)C)c1ccccc1. The van der Waals surface area contributed by atoms with Gasteiger partial charge in [-0.15, -0.1) is 0 Å². The molecule has 4 amide bonds. The lowest BCUT2D eigenvalue weighted by Gasteiger charge is -2.34. The maximum Gasteiger partial charge on any atom is 0.407 e. The minimum Gasteiger partial charge on any atom is -0.488 e. The van der Waals surface area contributed by atoms with Crippen molar-refractivity contribution < 1.29 is 38.1 Å². The number of ether oxygens (including phenoxy) is 4. The molecule has 0 aliphatic carbocycles. The van der Waals surface area contributed by atoms with E-state index in [0.717, 1.165) is 56.3 Å². The smallest absolute Gasteiger partial charge is 0.407 e. The summed E-state index contributed by atoms with van der Waals surface area (Å²) in [5.41, 5.74) is 8.37. The van der Waals surface area contributed by atoms with Crippen LogP contribution in [0.25, 0.3) is 33.6 Å². The number of amides is 4. The number of alkyl carbamates (subject to hydrolysis) is 2. The third kappa shape index (κ3) is 9.75. The fraction of sp³-hybridized carbons (Fsp3) is 0.346. The van der Waals surface area contributed by atoms with Crippen LogP contribution in [0.2, 0.25) is 0 Å². The number of hydrogen-bond donors (Lipinski definition) is 4. The van der Waals surface area contributed by atoms with Crippen LogP contribution >= 0.6 is 0 Å². The second kappa shape index (κ2) is 20.1. The number of imidazole rings is 2. The molecule has 16 heteroatoms. The number of benzene rings is 4. The highest BCUT2D eigenvalue weighted by Gasteiger charge is 2.35. The molecule has 6 aromatic rings. The van der Waals surface area contributed by atoms with Gasteiger partial charge in [-0.3, -0.25) is 9.59 Å². The van der Waals surface area contributed by atoms with Crippen LogP contribution in [0.3, 0.4) is 0 Å². The number of nitrogens with one attached hydrogen (secondary N) is 4. The van der Waals surface area contributed by atoms with E-state index in [4.69, 9.17) is 28.9 Å². The van der Waals surface area contributed by atoms with Crippen molar-refractivity contribution in [2.24, 2.45) is 11.8 Å². The summed E-state index contributed by atoms with van der Waals surface area (Å²) in [5.74, 6) is 2.27. The summed E-state index contributed by atoms with van der Waals surface area (Å²) in [6.45, 7) is 13.1. The van der Waals surface area contributed by atoms with Gasteiger partial charge < -0.3 is 49.3 Å². The number of aromatic nitrogens is 4. The number of aromatic amines is 2. The molecule has 68 heavy (non-hydrogen) atoms. The number of methoxy groups -OCH3 is 2. The van der Waals surface area contributed by atoms with E-state index in [1.807, 2.05) is 90.1 Å². The van der Waals surface area contributed by atoms with E-state index in [0.29, 0.717) is 36.0 Å². The van der Waals surface area contributed by atoms with Crippen LogP contribution in [0.5, 0.6) is 11.5 Å². The maximum atomic E-state index is 14.3. The van der Waals surface area contributed by atoms with Gasteiger partial charge in [-0.25, -0.2) is 19.6 Å². The van der Waals surface area contributed by atoms with Crippen molar-refractivity contribution in [2.75, 3.05) is 14.2 Å². The Balaban J connectivity index is 1.03. The van der Waals surface area contributed by atoms with Crippen molar-refractivity contribution in [1.29, 1.82) is 0 Å². The number of hydrogen-bond acceptors (Lipinski definition) is 10. The first-order valence-corrected chi connectivity index (χ1v) is 22.8. The van der Waals surface area contributed by atoms with Gasteiger partial charge in [-0.1, -0.05) is 88.4 Å². The van der Waals surface area contributed by atoms with Gasteiger partial charge in [0.1, 0.15) is 48.4 Å². The van der Waals surface area contributed by atoms with E-state index in [1.54, 1.807) is 46.5 Å². The summed E-state index contributed by atoms with van der Waals surface area (Å²) >= 11 is 0. The third-order valence-electron chi connectivity index (χ3n) is 13.0. The zero-order valence-electron chi connectivity index (χ0n) is 39.6. The zero-order valence-corrected chi connectivity index (χ0v) is 39.6. The first-order valence-electron chi connectivity index (χ1n) is 22.8. The van der Waals surface area contributed by atoms with Gasteiger partial charge in [-0.05, 0) is 61.1 Å². The normalized spacial score (nSPS) is 14.1. The summed E-state index contributed by atoms with van der Waals surface area (Å²) in [6, 6.07) is 24.1. The molecule has 2 aromatic heterocycles. The molecule has 2 aliphatic heterocycles. The molecule has 0 spiro atoms. The fourth-order valence-electron chi connectivity index (χ4n) is 8.61. The van der Waals surface area contributed by atoms with Gasteiger partial charge in [0, 0.05) is 45.5 Å². The summed E-state index contributed by atoms with van der Waals surface area (Å²) in [7, 11) is 2.54. The summed E-state index contributed by atoms with van der Waals surface area (Å²) < 4.78 is 22.7. The second-order valence-electron chi connectivity index (χ2n) is 17.9. The molecule has 2 aliphatic rings. The quantitative estimate of drug-likeness (QED) is 0.0729. The topological polar surface area (TPSA) is 193 Å². The molecule has 1 unspecified atom stereocenters. The summed E-state index contributed by atoms with van der Waals surface area (Å²) in [4.78, 5) is 73.3. The molecular formula is C52H58N8O8. The zero-order chi connectivity index (χ0) is 48.2. The molecule has 354 valence electrons. The van der Waals surface area contributed by atoms with Crippen molar-refractivity contribution >= 4 is 24.0 Å². The highest BCUT2D eigenvalue weighted by molar-refractivity contribution is 5.90. The van der Waals surface area contributed by atoms with E-state index < -0.39 is 24.3 Å². The van der Waals surface area contributed by atoms with Crippen LogP contribution in [0.4, 0.5) is 9.59 Å². The van der Waals surface area contributed by atoms with Crippen molar-refractivity contribution in [3.63, 3.8) is 0 Å². The summed E-state index contributed by atoms with van der Waals surface area (Å²) in [5, 5.41) is 5.46. The van der Waals surface area contributed by atoms with Crippen LogP contribution in [-0.4, -0.2) is 80.0 Å². The van der Waals surface area contributed by atoms with E-state index in [1.165, 1.54) is 14.2 Å². The summed E-state index contributed by atoms with van der Waals surface area (Å²) in [6.07, 6.45) is 2.10. The van der Waals surface area contributed by atoms with Crippen molar-refractivity contribution in [3.8, 4) is 45.1 Å². The Morgan fingerprint density at radius 2 is 0.985 bits per heavy atom. The Morgan fingerprint density at radius 3 is 1.34 bits per heavy atom. The molecule has 16 nitrogen and oxygen atoms in total. The first kappa shape index (κ1) is 46.9. The Bertz CT molecular complexity index is 2550. The number of H-pyrrole nitrogens is 2. The fourth-order valence-corrected chi connectivity index (χ4v) is 8.61. The van der Waals surface area contributed by atoms with Crippen molar-refractivity contribution in [1.82, 2.24) is 40.4 Å². The van der Waals surface area contributed by atoms with Crippen LogP contribution in [-0.2, 0) is 45.4 Å². The largest absolute Gasteiger partial charge is 0.488 e. The van der Waals surface area contributed by atoms with E-state index in [2.05, 4.69) is 32.7 Å². The molecule has 0 saturated heterocycles. The molecular weight excluding hydrogens is 865 g/mol. The molecule has 4 aromatic carbocycles. The highest BCUT2D eigenvalue weighted by Crippen LogP contribution is 2.50. The molecule has 0 radical (unpaired) electrons. The van der Waals surface area contributed by atoms with Gasteiger partial charge >= 0.3 is 12.2 Å². The van der Waals surface area contributed by atoms with E-state index in [9.17, 15) is 19.2 Å². The second-order valence-corrected chi connectivity index (χ2v) is 17.9. The van der Waals surface area contributed by atoms with E-state index >= 15 is 0 Å². The minimum atomic E-state index is -0.963. The molecule has 8 rings (SSSR count). The van der Waals surface area contributed by atoms with Crippen LogP contribution < -0.4 is 20.1 Å². The average Bonchev–Trinajstić information content (AvgIpc) is 4.04. The number of rotatable bonds is 16. The minimum absolute atomic E-state index is 0.110. The molecule has 4 heterocycles. The van der Waals surface area contributed by atoms with Gasteiger partial charge in [0.25, 0.3) is 11.8 Å². The lowest BCUT2D eigenvalue weighted by atomic mass is 9.87. The first-order chi connectivity index (χ1) is 32.7. The van der Waals surface area contributed by atoms with E-state index in [-0.39, 0.29) is 48.8 Å². The van der Waals surface area contributed by atoms with Crippen LogP contribution in [0, 0.1) is 11.8 Å². The lowest BCUT2D eigenvalue weighted by molar-refractivity contribution is -0.138. The van der Waals surface area contributed by atoms with Gasteiger partial charge in [0.05, 0.1) is 51.1 Å². The number of carbonyl (C=O) groups excluding carboxylic acids is 4. The van der Waals surface area contributed by atoms with Gasteiger partial charge in [0.15, 0.2) is 0 Å². The van der Waals surface area contributed by atoms with Crippen molar-refractivity contribution in [2.45, 2.75) is 92.0 Å². The molecule has 4 atom stereocenters. The Hall–Kier alpha value is -7.62. The Morgan fingerprint density at radius 1 is 0.603 bits per heavy atom. The Kier molecular flexibility index (Phi) is 13.9. The van der Waals surface area contributed by atoms with Crippen LogP contribution in [0.1, 0.15) is 87.5 Å². The predicted octanol–water partition coefficient (Wildman–Crippen LogP) is 8.86. The monoisotopic (exact) mass is 922 g/mol. The average molecular weight is 923 g/mol. The third-order valence-corrected chi connectivity index (χ3v) is 13.0. The molecule has 0 bridgehead atoms. The van der Waals surface area contributed by atoms with Crippen LogP contribution in [0.15, 0.2) is 97.3 Å². The molecule has 0 saturated carbocycles.